The molecule has 2 heteroatoms. The van der Waals surface area contributed by atoms with Gasteiger partial charge in [0, 0.05) is 12.0 Å². The summed E-state index contributed by atoms with van der Waals surface area (Å²) in [5.74, 6) is 1.94. The van der Waals surface area contributed by atoms with Crippen molar-refractivity contribution in [2.24, 2.45) is 5.92 Å². The highest BCUT2D eigenvalue weighted by Crippen LogP contribution is 2.32. The van der Waals surface area contributed by atoms with E-state index < -0.39 is 0 Å². The SMILES string of the molecule is CCC1CCCCC1Oc1ccc2c(c1)CCC2=O. The third kappa shape index (κ3) is 2.54. The average molecular weight is 258 g/mol. The van der Waals surface area contributed by atoms with Crippen LogP contribution in [-0.2, 0) is 6.42 Å². The number of Topliss-reactive ketones (excluding diaryl/α,β-unsaturated/α-hetero) is 1. The topological polar surface area (TPSA) is 26.3 Å². The first kappa shape index (κ1) is 12.7. The first-order valence-corrected chi connectivity index (χ1v) is 7.60. The Labute approximate surface area is 115 Å². The zero-order valence-corrected chi connectivity index (χ0v) is 11.7. The fourth-order valence-corrected chi connectivity index (χ4v) is 3.48. The van der Waals surface area contributed by atoms with Crippen molar-refractivity contribution in [1.29, 1.82) is 0 Å². The van der Waals surface area contributed by atoms with E-state index in [1.54, 1.807) is 0 Å². The third-order valence-corrected chi connectivity index (χ3v) is 4.65. The Bertz CT molecular complexity index is 478. The predicted molar refractivity (Wildman–Crippen MR) is 75.8 cm³/mol. The van der Waals surface area contributed by atoms with E-state index in [9.17, 15) is 4.79 Å². The van der Waals surface area contributed by atoms with Gasteiger partial charge in [0.15, 0.2) is 5.78 Å². The first-order chi connectivity index (χ1) is 9.28. The van der Waals surface area contributed by atoms with Gasteiger partial charge in [0.1, 0.15) is 11.9 Å². The summed E-state index contributed by atoms with van der Waals surface area (Å²) in [6.07, 6.45) is 8.22. The van der Waals surface area contributed by atoms with Crippen LogP contribution in [0.4, 0.5) is 0 Å². The van der Waals surface area contributed by atoms with Crippen LogP contribution in [0.25, 0.3) is 0 Å². The Morgan fingerprint density at radius 3 is 2.89 bits per heavy atom. The Hall–Kier alpha value is -1.31. The van der Waals surface area contributed by atoms with Gasteiger partial charge >= 0.3 is 0 Å². The molecule has 1 fully saturated rings. The molecular weight excluding hydrogens is 236 g/mol. The standard InChI is InChI=1S/C17H22O2/c1-2-12-5-3-4-6-17(12)19-14-8-9-15-13(11-14)7-10-16(15)18/h8-9,11-12,17H,2-7,10H2,1H3. The molecule has 0 N–H and O–H groups in total. The van der Waals surface area contributed by atoms with E-state index in [2.05, 4.69) is 13.0 Å². The lowest BCUT2D eigenvalue weighted by Gasteiger charge is -2.31. The normalized spacial score (nSPS) is 26.3. The molecule has 0 radical (unpaired) electrons. The van der Waals surface area contributed by atoms with Gasteiger partial charge in [0.2, 0.25) is 0 Å². The van der Waals surface area contributed by atoms with Crippen molar-refractivity contribution < 1.29 is 9.53 Å². The zero-order valence-electron chi connectivity index (χ0n) is 11.7. The molecule has 3 rings (SSSR count). The summed E-state index contributed by atoms with van der Waals surface area (Å²) in [5.41, 5.74) is 2.08. The minimum absolute atomic E-state index is 0.283. The van der Waals surface area contributed by atoms with E-state index in [-0.39, 0.29) is 5.78 Å². The lowest BCUT2D eigenvalue weighted by Crippen LogP contribution is -2.29. The molecule has 0 bridgehead atoms. The number of carbonyl (C=O) groups is 1. The number of carbonyl (C=O) groups excluding carboxylic acids is 1. The summed E-state index contributed by atoms with van der Waals surface area (Å²) in [4.78, 5) is 11.6. The molecule has 0 amide bonds. The molecule has 0 aromatic heterocycles. The lowest BCUT2D eigenvalue weighted by atomic mass is 9.85. The Morgan fingerprint density at radius 2 is 2.05 bits per heavy atom. The number of aryl methyl sites for hydroxylation is 1. The van der Waals surface area contributed by atoms with Crippen LogP contribution in [0, 0.1) is 5.92 Å². The second kappa shape index (κ2) is 5.36. The molecule has 1 saturated carbocycles. The van der Waals surface area contributed by atoms with Gasteiger partial charge in [-0.2, -0.15) is 0 Å². The quantitative estimate of drug-likeness (QED) is 0.813. The van der Waals surface area contributed by atoms with Gasteiger partial charge in [-0.05, 0) is 61.8 Å². The number of hydrogen-bond donors (Lipinski definition) is 0. The fourth-order valence-electron chi connectivity index (χ4n) is 3.48. The number of benzene rings is 1. The molecule has 2 atom stereocenters. The Kier molecular flexibility index (Phi) is 3.58. The Balaban J connectivity index is 1.74. The molecule has 2 nitrogen and oxygen atoms in total. The summed E-state index contributed by atoms with van der Waals surface area (Å²) < 4.78 is 6.21. The third-order valence-electron chi connectivity index (χ3n) is 4.65. The fraction of sp³-hybridized carbons (Fsp3) is 0.588. The van der Waals surface area contributed by atoms with Crippen LogP contribution in [0.2, 0.25) is 0 Å². The molecule has 2 unspecified atom stereocenters. The summed E-state index contributed by atoms with van der Waals surface area (Å²) >= 11 is 0. The molecule has 2 aliphatic carbocycles. The van der Waals surface area contributed by atoms with Gasteiger partial charge in [-0.1, -0.05) is 13.3 Å². The van der Waals surface area contributed by atoms with Crippen molar-refractivity contribution in [3.63, 3.8) is 0 Å². The molecular formula is C17H22O2. The highest BCUT2D eigenvalue weighted by molar-refractivity contribution is 6.00. The van der Waals surface area contributed by atoms with E-state index in [0.29, 0.717) is 18.4 Å². The number of rotatable bonds is 3. The maximum Gasteiger partial charge on any atom is 0.163 e. The minimum atomic E-state index is 0.283. The summed E-state index contributed by atoms with van der Waals surface area (Å²) in [6, 6.07) is 6.01. The minimum Gasteiger partial charge on any atom is -0.490 e. The molecule has 0 spiro atoms. The van der Waals surface area contributed by atoms with Gasteiger partial charge < -0.3 is 4.74 Å². The van der Waals surface area contributed by atoms with Crippen LogP contribution in [0.15, 0.2) is 18.2 Å². The summed E-state index contributed by atoms with van der Waals surface area (Å²) in [5, 5.41) is 0. The first-order valence-electron chi connectivity index (χ1n) is 7.60. The van der Waals surface area contributed by atoms with Crippen molar-refractivity contribution in [1.82, 2.24) is 0 Å². The van der Waals surface area contributed by atoms with Gasteiger partial charge in [0.05, 0.1) is 0 Å². The number of fused-ring (bicyclic) bond motifs is 1. The maximum absolute atomic E-state index is 11.6. The average Bonchev–Trinajstić information content (AvgIpc) is 2.81. The van der Waals surface area contributed by atoms with Crippen molar-refractivity contribution in [2.75, 3.05) is 0 Å². The molecule has 19 heavy (non-hydrogen) atoms. The molecule has 1 aromatic rings. The largest absolute Gasteiger partial charge is 0.490 e. The van der Waals surface area contributed by atoms with Crippen molar-refractivity contribution >= 4 is 5.78 Å². The van der Waals surface area contributed by atoms with E-state index in [4.69, 9.17) is 4.74 Å². The number of ketones is 1. The van der Waals surface area contributed by atoms with Gasteiger partial charge in [0.25, 0.3) is 0 Å². The van der Waals surface area contributed by atoms with E-state index in [1.807, 2.05) is 12.1 Å². The van der Waals surface area contributed by atoms with Crippen LogP contribution < -0.4 is 4.74 Å². The van der Waals surface area contributed by atoms with Crippen LogP contribution in [0.1, 0.15) is 61.4 Å². The van der Waals surface area contributed by atoms with Crippen LogP contribution in [-0.4, -0.2) is 11.9 Å². The highest BCUT2D eigenvalue weighted by Gasteiger charge is 2.26. The van der Waals surface area contributed by atoms with E-state index >= 15 is 0 Å². The predicted octanol–water partition coefficient (Wildman–Crippen LogP) is 4.16. The maximum atomic E-state index is 11.6. The van der Waals surface area contributed by atoms with Gasteiger partial charge in [-0.15, -0.1) is 0 Å². The summed E-state index contributed by atoms with van der Waals surface area (Å²) in [7, 11) is 0. The van der Waals surface area contributed by atoms with Crippen LogP contribution in [0.5, 0.6) is 5.75 Å². The summed E-state index contributed by atoms with van der Waals surface area (Å²) in [6.45, 7) is 2.26. The van der Waals surface area contributed by atoms with Crippen LogP contribution in [0.3, 0.4) is 0 Å². The van der Waals surface area contributed by atoms with E-state index in [1.165, 1.54) is 37.7 Å². The molecule has 2 aliphatic rings. The Morgan fingerprint density at radius 1 is 1.21 bits per heavy atom. The zero-order chi connectivity index (χ0) is 13.2. The number of ether oxygens (including phenoxy) is 1. The number of hydrogen-bond acceptors (Lipinski definition) is 2. The molecule has 0 heterocycles. The molecule has 1 aromatic carbocycles. The van der Waals surface area contributed by atoms with Gasteiger partial charge in [-0.3, -0.25) is 4.79 Å². The second-order valence-electron chi connectivity index (χ2n) is 5.85. The smallest absolute Gasteiger partial charge is 0.163 e. The monoisotopic (exact) mass is 258 g/mol. The van der Waals surface area contributed by atoms with E-state index in [0.717, 1.165) is 17.7 Å². The second-order valence-corrected chi connectivity index (χ2v) is 5.85. The molecule has 102 valence electrons. The van der Waals surface area contributed by atoms with Crippen molar-refractivity contribution in [3.05, 3.63) is 29.3 Å². The highest BCUT2D eigenvalue weighted by atomic mass is 16.5. The van der Waals surface area contributed by atoms with Crippen molar-refractivity contribution in [2.45, 2.75) is 58.0 Å². The van der Waals surface area contributed by atoms with Gasteiger partial charge in [-0.25, -0.2) is 0 Å². The van der Waals surface area contributed by atoms with Crippen molar-refractivity contribution in [3.8, 4) is 5.75 Å². The molecule has 0 aliphatic heterocycles. The van der Waals surface area contributed by atoms with Crippen LogP contribution >= 0.6 is 0 Å². The lowest BCUT2D eigenvalue weighted by molar-refractivity contribution is 0.0903. The molecule has 0 saturated heterocycles.